The van der Waals surface area contributed by atoms with Crippen LogP contribution in [0.1, 0.15) is 39.0 Å². The van der Waals surface area contributed by atoms with Crippen molar-refractivity contribution in [3.63, 3.8) is 0 Å². The lowest BCUT2D eigenvalue weighted by atomic mass is 9.96. The highest BCUT2D eigenvalue weighted by atomic mass is 16.5. The van der Waals surface area contributed by atoms with E-state index in [9.17, 15) is 4.79 Å². The average Bonchev–Trinajstić information content (AvgIpc) is 2.61. The van der Waals surface area contributed by atoms with E-state index in [0.29, 0.717) is 0 Å². The quantitative estimate of drug-likeness (QED) is 0.734. The van der Waals surface area contributed by atoms with Gasteiger partial charge in [-0.15, -0.1) is 0 Å². The van der Waals surface area contributed by atoms with Gasteiger partial charge < -0.3 is 15.0 Å². The molecule has 18 heavy (non-hydrogen) atoms. The van der Waals surface area contributed by atoms with Crippen molar-refractivity contribution in [3.05, 3.63) is 0 Å². The van der Waals surface area contributed by atoms with Gasteiger partial charge >= 0.3 is 5.97 Å². The summed E-state index contributed by atoms with van der Waals surface area (Å²) in [5.41, 5.74) is 0. The van der Waals surface area contributed by atoms with Crippen LogP contribution in [0.25, 0.3) is 0 Å². The van der Waals surface area contributed by atoms with Crippen molar-refractivity contribution in [1.82, 2.24) is 10.2 Å². The molecule has 4 nitrogen and oxygen atoms in total. The fraction of sp³-hybridized carbons (Fsp3) is 0.929. The van der Waals surface area contributed by atoms with E-state index in [4.69, 9.17) is 4.74 Å². The van der Waals surface area contributed by atoms with Gasteiger partial charge in [-0.3, -0.25) is 4.79 Å². The second-order valence-corrected chi connectivity index (χ2v) is 5.25. The smallest absolute Gasteiger partial charge is 0.324 e. The van der Waals surface area contributed by atoms with Gasteiger partial charge in [0, 0.05) is 6.54 Å². The van der Waals surface area contributed by atoms with Crippen LogP contribution in [0.5, 0.6) is 0 Å². The summed E-state index contributed by atoms with van der Waals surface area (Å²) in [4.78, 5) is 14.0. The van der Waals surface area contributed by atoms with Crippen LogP contribution >= 0.6 is 0 Å². The number of ether oxygens (including phenoxy) is 1. The summed E-state index contributed by atoms with van der Waals surface area (Å²) in [7, 11) is 3.27. The van der Waals surface area contributed by atoms with Crippen molar-refractivity contribution in [2.45, 2.75) is 45.1 Å². The summed E-state index contributed by atoms with van der Waals surface area (Å²) >= 11 is 0. The van der Waals surface area contributed by atoms with Crippen molar-refractivity contribution >= 4 is 5.97 Å². The van der Waals surface area contributed by atoms with Crippen LogP contribution in [0, 0.1) is 5.92 Å². The Bertz CT molecular complexity index is 246. The number of esters is 1. The molecule has 0 aliphatic carbocycles. The zero-order valence-electron chi connectivity index (χ0n) is 12.1. The molecule has 0 spiro atoms. The van der Waals surface area contributed by atoms with Gasteiger partial charge in [-0.2, -0.15) is 0 Å². The Hall–Kier alpha value is -0.610. The largest absolute Gasteiger partial charge is 0.468 e. The summed E-state index contributed by atoms with van der Waals surface area (Å²) in [5.74, 6) is 0.720. The van der Waals surface area contributed by atoms with E-state index in [-0.39, 0.29) is 12.0 Å². The van der Waals surface area contributed by atoms with Crippen molar-refractivity contribution < 1.29 is 9.53 Å². The molecular formula is C14H28N2O2. The van der Waals surface area contributed by atoms with Crippen LogP contribution in [-0.2, 0) is 9.53 Å². The van der Waals surface area contributed by atoms with Gasteiger partial charge in [0.15, 0.2) is 0 Å². The van der Waals surface area contributed by atoms with E-state index in [1.165, 1.54) is 39.2 Å². The molecule has 0 aromatic rings. The molecule has 0 amide bonds. The Kier molecular flexibility index (Phi) is 7.28. The molecule has 4 heteroatoms. The fourth-order valence-corrected chi connectivity index (χ4v) is 2.79. The third kappa shape index (κ3) is 4.94. The molecule has 2 atom stereocenters. The first-order valence-corrected chi connectivity index (χ1v) is 7.18. The van der Waals surface area contributed by atoms with Crippen LogP contribution in [0.3, 0.4) is 0 Å². The molecule has 106 valence electrons. The molecule has 0 aromatic carbocycles. The molecule has 1 rings (SSSR count). The summed E-state index contributed by atoms with van der Waals surface area (Å²) in [6.07, 6.45) is 6.49. The van der Waals surface area contributed by atoms with E-state index < -0.39 is 0 Å². The van der Waals surface area contributed by atoms with Gasteiger partial charge in [0.25, 0.3) is 0 Å². The highest BCUT2D eigenvalue weighted by Gasteiger charge is 2.23. The van der Waals surface area contributed by atoms with Crippen LogP contribution < -0.4 is 5.32 Å². The number of carbonyl (C=O) groups is 1. The molecule has 1 aliphatic heterocycles. The standard InChI is InChI=1S/C14H28N2O2/c1-4-6-12-7-5-9-16(10-8-12)11-13(15-2)14(17)18-3/h12-13,15H,4-11H2,1-3H3. The number of likely N-dealkylation sites (tertiary alicyclic amines) is 1. The third-order valence-corrected chi connectivity index (χ3v) is 3.91. The van der Waals surface area contributed by atoms with E-state index in [1.54, 1.807) is 0 Å². The van der Waals surface area contributed by atoms with Crippen molar-refractivity contribution in [2.75, 3.05) is 33.8 Å². The molecule has 1 aliphatic rings. The molecular weight excluding hydrogens is 228 g/mol. The number of carbonyl (C=O) groups excluding carboxylic acids is 1. The van der Waals surface area contributed by atoms with Gasteiger partial charge in [0.2, 0.25) is 0 Å². The molecule has 0 aromatic heterocycles. The monoisotopic (exact) mass is 256 g/mol. The van der Waals surface area contributed by atoms with Crippen LogP contribution in [0.15, 0.2) is 0 Å². The van der Waals surface area contributed by atoms with Gasteiger partial charge in [-0.1, -0.05) is 19.8 Å². The first-order valence-electron chi connectivity index (χ1n) is 7.18. The number of likely N-dealkylation sites (N-methyl/N-ethyl adjacent to an activating group) is 1. The Labute approximate surface area is 111 Å². The minimum Gasteiger partial charge on any atom is -0.468 e. The number of nitrogens with one attached hydrogen (secondary N) is 1. The number of hydrogen-bond acceptors (Lipinski definition) is 4. The second kappa shape index (κ2) is 8.48. The van der Waals surface area contributed by atoms with Crippen molar-refractivity contribution in [1.29, 1.82) is 0 Å². The lowest BCUT2D eigenvalue weighted by Gasteiger charge is -2.24. The molecule has 0 saturated carbocycles. The van der Waals surface area contributed by atoms with Gasteiger partial charge in [0.05, 0.1) is 7.11 Å². The lowest BCUT2D eigenvalue weighted by Crippen LogP contribution is -2.45. The Morgan fingerprint density at radius 3 is 2.83 bits per heavy atom. The summed E-state index contributed by atoms with van der Waals surface area (Å²) in [6.45, 7) is 5.24. The molecule has 1 saturated heterocycles. The minimum atomic E-state index is -0.197. The van der Waals surface area contributed by atoms with Gasteiger partial charge in [-0.05, 0) is 45.3 Å². The molecule has 0 bridgehead atoms. The maximum absolute atomic E-state index is 11.6. The van der Waals surface area contributed by atoms with Crippen molar-refractivity contribution in [3.8, 4) is 0 Å². The van der Waals surface area contributed by atoms with E-state index in [1.807, 2.05) is 7.05 Å². The zero-order valence-corrected chi connectivity index (χ0v) is 12.1. The number of methoxy groups -OCH3 is 1. The van der Waals surface area contributed by atoms with E-state index in [2.05, 4.69) is 17.1 Å². The number of hydrogen-bond donors (Lipinski definition) is 1. The summed E-state index contributed by atoms with van der Waals surface area (Å²) in [6, 6.07) is -0.197. The number of nitrogens with zero attached hydrogens (tertiary/aromatic N) is 1. The van der Waals surface area contributed by atoms with E-state index >= 15 is 0 Å². The summed E-state index contributed by atoms with van der Waals surface area (Å²) < 4.78 is 4.81. The zero-order chi connectivity index (χ0) is 13.4. The highest BCUT2D eigenvalue weighted by molar-refractivity contribution is 5.75. The van der Waals surface area contributed by atoms with Crippen molar-refractivity contribution in [2.24, 2.45) is 5.92 Å². The predicted molar refractivity (Wildman–Crippen MR) is 73.6 cm³/mol. The normalized spacial score (nSPS) is 23.4. The second-order valence-electron chi connectivity index (χ2n) is 5.25. The molecule has 1 N–H and O–H groups in total. The predicted octanol–water partition coefficient (Wildman–Crippen LogP) is 1.65. The molecule has 1 heterocycles. The Morgan fingerprint density at radius 1 is 1.44 bits per heavy atom. The maximum atomic E-state index is 11.6. The lowest BCUT2D eigenvalue weighted by molar-refractivity contribution is -0.143. The Balaban J connectivity index is 2.40. The molecule has 0 radical (unpaired) electrons. The molecule has 1 fully saturated rings. The maximum Gasteiger partial charge on any atom is 0.324 e. The average molecular weight is 256 g/mol. The van der Waals surface area contributed by atoms with E-state index in [0.717, 1.165) is 25.6 Å². The first kappa shape index (κ1) is 15.4. The van der Waals surface area contributed by atoms with Gasteiger partial charge in [0.1, 0.15) is 6.04 Å². The minimum absolute atomic E-state index is 0.160. The SMILES string of the molecule is CCCC1CCCN(CC(NC)C(=O)OC)CC1. The Morgan fingerprint density at radius 2 is 2.22 bits per heavy atom. The fourth-order valence-electron chi connectivity index (χ4n) is 2.79. The first-order chi connectivity index (χ1) is 8.71. The van der Waals surface area contributed by atoms with Crippen LogP contribution in [-0.4, -0.2) is 50.7 Å². The number of rotatable bonds is 6. The molecule has 2 unspecified atom stereocenters. The topological polar surface area (TPSA) is 41.6 Å². The summed E-state index contributed by atoms with van der Waals surface area (Å²) in [5, 5.41) is 3.04. The van der Waals surface area contributed by atoms with Gasteiger partial charge in [-0.25, -0.2) is 0 Å². The third-order valence-electron chi connectivity index (χ3n) is 3.91. The highest BCUT2D eigenvalue weighted by Crippen LogP contribution is 2.21. The van der Waals surface area contributed by atoms with Crippen LogP contribution in [0.4, 0.5) is 0 Å². The van der Waals surface area contributed by atoms with Crippen LogP contribution in [0.2, 0.25) is 0 Å².